The molecule has 1 fully saturated rings. The molecule has 0 amide bonds. The van der Waals surface area contributed by atoms with Gasteiger partial charge in [-0.05, 0) is 48.6 Å². The summed E-state index contributed by atoms with van der Waals surface area (Å²) in [5, 5.41) is 9.94. The van der Waals surface area contributed by atoms with Gasteiger partial charge in [-0.2, -0.15) is 0 Å². The number of ketones is 1. The Morgan fingerprint density at radius 3 is 2.73 bits per heavy atom. The number of aromatic nitrogens is 1. The normalized spacial score (nSPS) is 20.1. The molecule has 2 aromatic rings. The van der Waals surface area contributed by atoms with Crippen molar-refractivity contribution in [2.24, 2.45) is 11.8 Å². The Labute approximate surface area is 199 Å². The number of nitrogens with zero attached hydrogens (tertiary/aromatic N) is 2. The van der Waals surface area contributed by atoms with Crippen molar-refractivity contribution in [1.82, 2.24) is 4.98 Å². The van der Waals surface area contributed by atoms with Gasteiger partial charge in [-0.3, -0.25) is 9.10 Å². The smallest absolute Gasteiger partial charge is 0.264 e. The number of halogens is 1. The minimum atomic E-state index is -3.99. The molecule has 1 aliphatic carbocycles. The average molecular weight is 493 g/mol. The van der Waals surface area contributed by atoms with E-state index in [1.54, 1.807) is 24.4 Å². The van der Waals surface area contributed by atoms with Crippen molar-refractivity contribution < 1.29 is 23.1 Å². The molecule has 7 nitrogen and oxygen atoms in total. The summed E-state index contributed by atoms with van der Waals surface area (Å²) < 4.78 is 33.8. The minimum absolute atomic E-state index is 0.0342. The number of aliphatic hydroxyl groups excluding tert-OH is 1. The lowest BCUT2D eigenvalue weighted by Gasteiger charge is -2.34. The maximum absolute atomic E-state index is 13.4. The monoisotopic (exact) mass is 492 g/mol. The number of aliphatic hydroxyl groups is 1. The van der Waals surface area contributed by atoms with E-state index in [1.807, 2.05) is 6.92 Å². The Kier molecular flexibility index (Phi) is 7.26. The third kappa shape index (κ3) is 5.18. The molecule has 1 N–H and O–H groups in total. The second kappa shape index (κ2) is 9.99. The number of pyridine rings is 1. The number of hydrogen-bond donors (Lipinski definition) is 1. The van der Waals surface area contributed by atoms with Crippen LogP contribution in [0.3, 0.4) is 0 Å². The topological polar surface area (TPSA) is 96.8 Å². The number of sulfonamides is 1. The minimum Gasteiger partial charge on any atom is -0.468 e. The van der Waals surface area contributed by atoms with Crippen LogP contribution in [0.15, 0.2) is 41.4 Å². The summed E-state index contributed by atoms with van der Waals surface area (Å²) in [6, 6.07) is 7.68. The Bertz CT molecular complexity index is 1120. The highest BCUT2D eigenvalue weighted by atomic mass is 35.5. The van der Waals surface area contributed by atoms with Gasteiger partial charge in [0.05, 0.1) is 18.0 Å². The fraction of sp³-hybridized carbons (Fsp3) is 0.500. The Morgan fingerprint density at radius 1 is 1.27 bits per heavy atom. The first kappa shape index (κ1) is 24.0. The Morgan fingerprint density at radius 2 is 2.03 bits per heavy atom. The predicted molar refractivity (Wildman–Crippen MR) is 126 cm³/mol. The van der Waals surface area contributed by atoms with Crippen molar-refractivity contribution in [1.29, 1.82) is 0 Å². The number of anilines is 1. The third-order valence-corrected chi connectivity index (χ3v) is 8.65. The highest BCUT2D eigenvalue weighted by molar-refractivity contribution is 7.92. The van der Waals surface area contributed by atoms with Gasteiger partial charge in [-0.1, -0.05) is 43.9 Å². The van der Waals surface area contributed by atoms with E-state index in [0.717, 1.165) is 12.8 Å². The van der Waals surface area contributed by atoms with Crippen molar-refractivity contribution in [3.8, 4) is 5.88 Å². The van der Waals surface area contributed by atoms with Crippen LogP contribution in [0, 0.1) is 11.8 Å². The van der Waals surface area contributed by atoms with Crippen molar-refractivity contribution >= 4 is 33.1 Å². The molecule has 1 aromatic heterocycles. The maximum Gasteiger partial charge on any atom is 0.264 e. The number of benzene rings is 1. The molecule has 2 aliphatic rings. The molecule has 0 spiro atoms. The van der Waals surface area contributed by atoms with E-state index in [1.165, 1.54) is 35.7 Å². The molecule has 4 rings (SSSR count). The molecular formula is C24H29ClN2O5S. The molecule has 1 aliphatic heterocycles. The van der Waals surface area contributed by atoms with Gasteiger partial charge in [0.15, 0.2) is 0 Å². The maximum atomic E-state index is 13.4. The fourth-order valence-electron chi connectivity index (χ4n) is 4.66. The van der Waals surface area contributed by atoms with Crippen molar-refractivity contribution in [3.63, 3.8) is 0 Å². The molecule has 0 bridgehead atoms. The molecule has 2 atom stereocenters. The van der Waals surface area contributed by atoms with Gasteiger partial charge in [0, 0.05) is 23.6 Å². The molecule has 1 saturated carbocycles. The van der Waals surface area contributed by atoms with Crippen LogP contribution < -0.4 is 9.04 Å². The van der Waals surface area contributed by atoms with Crippen molar-refractivity contribution in [2.75, 3.05) is 17.5 Å². The molecule has 9 heteroatoms. The molecular weight excluding hydrogens is 464 g/mol. The fourth-order valence-corrected chi connectivity index (χ4v) is 6.45. The molecule has 33 heavy (non-hydrogen) atoms. The Hall–Kier alpha value is -2.16. The highest BCUT2D eigenvalue weighted by Crippen LogP contribution is 2.37. The summed E-state index contributed by atoms with van der Waals surface area (Å²) in [6.45, 7) is 1.56. The van der Waals surface area contributed by atoms with E-state index in [9.17, 15) is 18.3 Å². The lowest BCUT2D eigenvalue weighted by atomic mass is 9.78. The average Bonchev–Trinajstić information content (AvgIpc) is 2.83. The summed E-state index contributed by atoms with van der Waals surface area (Å²) in [7, 11) is -3.99. The summed E-state index contributed by atoms with van der Waals surface area (Å²) in [5.74, 6) is 0.619. The summed E-state index contributed by atoms with van der Waals surface area (Å²) in [5.41, 5.74) is 0.897. The number of fused-ring (bicyclic) bond motifs is 1. The van der Waals surface area contributed by atoms with Crippen molar-refractivity contribution in [2.45, 2.75) is 56.4 Å². The number of hydrogen-bond acceptors (Lipinski definition) is 6. The van der Waals surface area contributed by atoms with Gasteiger partial charge >= 0.3 is 0 Å². The lowest BCUT2D eigenvalue weighted by Crippen LogP contribution is -2.45. The van der Waals surface area contributed by atoms with Crippen LogP contribution in [-0.2, 0) is 21.2 Å². The van der Waals surface area contributed by atoms with Gasteiger partial charge in [-0.25, -0.2) is 13.4 Å². The number of carbonyl (C=O) groups excluding carboxylic acids is 1. The quantitative estimate of drug-likeness (QED) is 0.627. The van der Waals surface area contributed by atoms with E-state index in [2.05, 4.69) is 4.98 Å². The predicted octanol–water partition coefficient (Wildman–Crippen LogP) is 4.01. The first-order valence-electron chi connectivity index (χ1n) is 11.4. The largest absolute Gasteiger partial charge is 0.468 e. The second-order valence-electron chi connectivity index (χ2n) is 8.91. The first-order valence-corrected chi connectivity index (χ1v) is 13.2. The molecule has 0 unspecified atom stereocenters. The zero-order valence-electron chi connectivity index (χ0n) is 18.6. The number of rotatable bonds is 7. The number of carbonyl (C=O) groups is 1. The Balaban J connectivity index is 1.63. The van der Waals surface area contributed by atoms with Gasteiger partial charge in [0.1, 0.15) is 17.6 Å². The van der Waals surface area contributed by atoms with Gasteiger partial charge < -0.3 is 9.84 Å². The van der Waals surface area contributed by atoms with Crippen molar-refractivity contribution in [3.05, 3.63) is 47.1 Å². The zero-order valence-corrected chi connectivity index (χ0v) is 20.2. The SMILES string of the molecule is C[C@H](C(=O)Cc1cnc2c(c1)N(S(=O)(=O)c1cccc(Cl)c1)C[C@H](CO)O2)C1CCCCC1. The first-order chi connectivity index (χ1) is 15.8. The van der Waals surface area contributed by atoms with E-state index < -0.39 is 16.1 Å². The molecule has 0 saturated heterocycles. The number of ether oxygens (including phenoxy) is 1. The van der Waals surface area contributed by atoms with Crippen LogP contribution >= 0.6 is 11.6 Å². The summed E-state index contributed by atoms with van der Waals surface area (Å²) >= 11 is 6.02. The molecule has 0 radical (unpaired) electrons. The van der Waals surface area contributed by atoms with Crippen LogP contribution in [0.5, 0.6) is 5.88 Å². The summed E-state index contributed by atoms with van der Waals surface area (Å²) in [4.78, 5) is 17.3. The van der Waals surface area contributed by atoms with E-state index in [-0.39, 0.29) is 47.7 Å². The van der Waals surface area contributed by atoms with Crippen LogP contribution in [0.4, 0.5) is 5.69 Å². The second-order valence-corrected chi connectivity index (χ2v) is 11.2. The van der Waals surface area contributed by atoms with E-state index >= 15 is 0 Å². The molecule has 178 valence electrons. The van der Waals surface area contributed by atoms with Gasteiger partial charge in [0.2, 0.25) is 5.88 Å². The summed E-state index contributed by atoms with van der Waals surface area (Å²) in [6.07, 6.45) is 6.72. The molecule has 1 aromatic carbocycles. The third-order valence-electron chi connectivity index (χ3n) is 6.64. The lowest BCUT2D eigenvalue weighted by molar-refractivity contribution is -0.123. The standard InChI is InChI=1S/C24H29ClN2O5S/c1-16(18-6-3-2-4-7-18)23(29)11-17-10-22-24(26-13-17)32-20(15-28)14-27(22)33(30,31)21-9-5-8-19(25)12-21/h5,8-10,12-13,16,18,20,28H,2-4,6-7,11,14-15H2,1H3/t16-,20+/m0/s1. The van der Waals surface area contributed by atoms with Crippen LogP contribution in [0.25, 0.3) is 0 Å². The van der Waals surface area contributed by atoms with Crippen LogP contribution in [0.1, 0.15) is 44.6 Å². The van der Waals surface area contributed by atoms with Gasteiger partial charge in [-0.15, -0.1) is 0 Å². The number of Topliss-reactive ketones (excluding diaryl/α,β-unsaturated/α-hetero) is 1. The highest BCUT2D eigenvalue weighted by Gasteiger charge is 2.36. The van der Waals surface area contributed by atoms with E-state index in [0.29, 0.717) is 16.5 Å². The molecule has 2 heterocycles. The van der Waals surface area contributed by atoms with Crippen LogP contribution in [0.2, 0.25) is 5.02 Å². The van der Waals surface area contributed by atoms with Crippen LogP contribution in [-0.4, -0.2) is 43.5 Å². The zero-order chi connectivity index (χ0) is 23.6. The van der Waals surface area contributed by atoms with E-state index in [4.69, 9.17) is 16.3 Å². The van der Waals surface area contributed by atoms with Gasteiger partial charge in [0.25, 0.3) is 10.0 Å².